The number of hydrogen-bond acceptors (Lipinski definition) is 2. The molecule has 1 fully saturated rings. The minimum Gasteiger partial charge on any atom is -0.327 e. The Morgan fingerprint density at radius 1 is 1.40 bits per heavy atom. The predicted octanol–water partition coefficient (Wildman–Crippen LogP) is 2.83. The van der Waals surface area contributed by atoms with Crippen LogP contribution >= 0.6 is 0 Å². The lowest BCUT2D eigenvalue weighted by atomic mass is 10.1. The molecule has 2 N–H and O–H groups in total. The van der Waals surface area contributed by atoms with Crippen LogP contribution in [0.2, 0.25) is 0 Å². The van der Waals surface area contributed by atoms with Gasteiger partial charge in [-0.1, -0.05) is 36.9 Å². The average Bonchev–Trinajstić information content (AvgIpc) is 3.20. The van der Waals surface area contributed by atoms with Gasteiger partial charge in [-0.25, -0.2) is 0 Å². The predicted molar refractivity (Wildman–Crippen MR) is 82.3 cm³/mol. The summed E-state index contributed by atoms with van der Waals surface area (Å²) in [6.07, 6.45) is 9.88. The monoisotopic (exact) mass is 268 g/mol. The zero-order chi connectivity index (χ0) is 14.5. The molecule has 1 aliphatic rings. The van der Waals surface area contributed by atoms with Crippen LogP contribution in [0.5, 0.6) is 0 Å². The molecule has 1 saturated carbocycles. The van der Waals surface area contributed by atoms with E-state index in [1.807, 2.05) is 36.4 Å². The van der Waals surface area contributed by atoms with E-state index in [2.05, 4.69) is 6.58 Å². The number of hydrogen-bond donors (Lipinski definition) is 1. The van der Waals surface area contributed by atoms with Crippen molar-refractivity contribution in [2.75, 3.05) is 7.05 Å². The van der Waals surface area contributed by atoms with Gasteiger partial charge < -0.3 is 10.6 Å². The van der Waals surface area contributed by atoms with Gasteiger partial charge in [0.25, 0.3) is 5.91 Å². The Hall–Kier alpha value is -2.13. The molecular weight excluding hydrogens is 248 g/mol. The second kappa shape index (κ2) is 6.35. The number of allylic oxidation sites excluding steroid dienone is 4. The van der Waals surface area contributed by atoms with Gasteiger partial charge in [-0.3, -0.25) is 4.79 Å². The van der Waals surface area contributed by atoms with Crippen molar-refractivity contribution >= 4 is 5.91 Å². The first-order chi connectivity index (χ1) is 9.63. The Morgan fingerprint density at radius 3 is 2.80 bits per heavy atom. The Kier molecular flexibility index (Phi) is 4.53. The maximum absolute atomic E-state index is 12.3. The minimum absolute atomic E-state index is 0.0238. The van der Waals surface area contributed by atoms with Gasteiger partial charge in [0.1, 0.15) is 0 Å². The van der Waals surface area contributed by atoms with Gasteiger partial charge in [0.15, 0.2) is 0 Å². The highest BCUT2D eigenvalue weighted by molar-refractivity contribution is 5.94. The molecule has 2 atom stereocenters. The lowest BCUT2D eigenvalue weighted by Crippen LogP contribution is -2.20. The molecule has 0 aliphatic heterocycles. The van der Waals surface area contributed by atoms with Gasteiger partial charge >= 0.3 is 0 Å². The molecule has 20 heavy (non-hydrogen) atoms. The highest BCUT2D eigenvalue weighted by atomic mass is 16.2. The number of benzene rings is 1. The first-order valence-corrected chi connectivity index (χ1v) is 6.72. The Bertz CT molecular complexity index is 560. The van der Waals surface area contributed by atoms with Crippen molar-refractivity contribution in [3.63, 3.8) is 0 Å². The third-order valence-corrected chi connectivity index (χ3v) is 3.39. The number of rotatable bonds is 5. The van der Waals surface area contributed by atoms with Crippen LogP contribution in [0.4, 0.5) is 0 Å². The van der Waals surface area contributed by atoms with Crippen LogP contribution in [-0.2, 0) is 0 Å². The van der Waals surface area contributed by atoms with Crippen molar-refractivity contribution < 1.29 is 4.79 Å². The molecule has 0 aromatic heterocycles. The quantitative estimate of drug-likeness (QED) is 0.835. The van der Waals surface area contributed by atoms with Crippen molar-refractivity contribution in [3.8, 4) is 0 Å². The highest BCUT2D eigenvalue weighted by Gasteiger charge is 2.34. The Labute approximate surface area is 120 Å². The maximum atomic E-state index is 12.3. The summed E-state index contributed by atoms with van der Waals surface area (Å²) in [7, 11) is 1.75. The smallest absolute Gasteiger partial charge is 0.257 e. The van der Waals surface area contributed by atoms with Crippen LogP contribution in [-0.4, -0.2) is 23.9 Å². The van der Waals surface area contributed by atoms with E-state index in [1.54, 1.807) is 30.3 Å². The standard InChI is InChI=1S/C17H20N2O/c1-3-4-5-6-10-19(2)17(20)14-9-7-8-13(11-14)15-12-16(15)18/h3-11,15-16H,1,12,18H2,2H3/b5-4-,10-6+. The van der Waals surface area contributed by atoms with Crippen LogP contribution in [0.3, 0.4) is 0 Å². The lowest BCUT2D eigenvalue weighted by Gasteiger charge is -2.12. The van der Waals surface area contributed by atoms with Crippen LogP contribution in [0, 0.1) is 0 Å². The summed E-state index contributed by atoms with van der Waals surface area (Å²) in [6.45, 7) is 3.59. The van der Waals surface area contributed by atoms with Crippen molar-refractivity contribution in [2.45, 2.75) is 18.4 Å². The molecule has 0 heterocycles. The average molecular weight is 268 g/mol. The molecule has 104 valence electrons. The number of nitrogens with two attached hydrogens (primary N) is 1. The Balaban J connectivity index is 2.06. The molecule has 3 nitrogen and oxygen atoms in total. The molecule has 3 heteroatoms. The summed E-state index contributed by atoms with van der Waals surface area (Å²) in [5.41, 5.74) is 7.71. The minimum atomic E-state index is -0.0238. The number of carbonyl (C=O) groups is 1. The summed E-state index contributed by atoms with van der Waals surface area (Å²) in [5.74, 6) is 0.392. The summed E-state index contributed by atoms with van der Waals surface area (Å²) in [6, 6.07) is 8.00. The summed E-state index contributed by atoms with van der Waals surface area (Å²) in [5, 5.41) is 0. The SMILES string of the molecule is C=C/C=C\C=C\N(C)C(=O)c1cccc(C2CC2N)c1. The van der Waals surface area contributed by atoms with E-state index >= 15 is 0 Å². The van der Waals surface area contributed by atoms with Gasteiger partial charge in [-0.15, -0.1) is 0 Å². The summed E-state index contributed by atoms with van der Waals surface area (Å²) < 4.78 is 0. The first-order valence-electron chi connectivity index (χ1n) is 6.72. The molecule has 2 unspecified atom stereocenters. The van der Waals surface area contributed by atoms with E-state index in [9.17, 15) is 4.79 Å². The van der Waals surface area contributed by atoms with E-state index in [0.717, 1.165) is 12.0 Å². The maximum Gasteiger partial charge on any atom is 0.257 e. The lowest BCUT2D eigenvalue weighted by molar-refractivity contribution is 0.0850. The van der Waals surface area contributed by atoms with Gasteiger partial charge in [-0.2, -0.15) is 0 Å². The topological polar surface area (TPSA) is 46.3 Å². The molecule has 0 saturated heterocycles. The molecule has 0 spiro atoms. The second-order valence-corrected chi connectivity index (χ2v) is 5.01. The number of carbonyl (C=O) groups excluding carboxylic acids is 1. The second-order valence-electron chi connectivity index (χ2n) is 5.01. The first kappa shape index (κ1) is 14.3. The van der Waals surface area contributed by atoms with Crippen LogP contribution < -0.4 is 5.73 Å². The molecule has 1 amide bonds. The third-order valence-electron chi connectivity index (χ3n) is 3.39. The van der Waals surface area contributed by atoms with Gasteiger partial charge in [0, 0.05) is 30.8 Å². The van der Waals surface area contributed by atoms with E-state index in [1.165, 1.54) is 0 Å². The zero-order valence-corrected chi connectivity index (χ0v) is 11.7. The fraction of sp³-hybridized carbons (Fsp3) is 0.235. The van der Waals surface area contributed by atoms with Gasteiger partial charge in [0.2, 0.25) is 0 Å². The Morgan fingerprint density at radius 2 is 2.15 bits per heavy atom. The van der Waals surface area contributed by atoms with Crippen LogP contribution in [0.25, 0.3) is 0 Å². The van der Waals surface area contributed by atoms with E-state index in [4.69, 9.17) is 5.73 Å². The van der Waals surface area contributed by atoms with E-state index in [0.29, 0.717) is 11.5 Å². The molecule has 1 aromatic carbocycles. The molecule has 2 rings (SSSR count). The number of nitrogens with zero attached hydrogens (tertiary/aromatic N) is 1. The van der Waals surface area contributed by atoms with Gasteiger partial charge in [-0.05, 0) is 30.2 Å². The van der Waals surface area contributed by atoms with E-state index in [-0.39, 0.29) is 11.9 Å². The van der Waals surface area contributed by atoms with Crippen molar-refractivity contribution in [2.24, 2.45) is 5.73 Å². The molecular formula is C17H20N2O. The molecule has 0 radical (unpaired) electrons. The zero-order valence-electron chi connectivity index (χ0n) is 11.7. The van der Waals surface area contributed by atoms with Crippen molar-refractivity contribution in [3.05, 3.63) is 72.5 Å². The van der Waals surface area contributed by atoms with Crippen LogP contribution in [0.1, 0.15) is 28.3 Å². The summed E-state index contributed by atoms with van der Waals surface area (Å²) >= 11 is 0. The largest absolute Gasteiger partial charge is 0.327 e. The number of amides is 1. The van der Waals surface area contributed by atoms with Gasteiger partial charge in [0.05, 0.1) is 0 Å². The van der Waals surface area contributed by atoms with Crippen molar-refractivity contribution in [1.29, 1.82) is 0 Å². The molecule has 0 bridgehead atoms. The normalized spacial score (nSPS) is 21.3. The highest BCUT2D eigenvalue weighted by Crippen LogP contribution is 2.39. The summed E-state index contributed by atoms with van der Waals surface area (Å²) in [4.78, 5) is 13.9. The van der Waals surface area contributed by atoms with E-state index < -0.39 is 0 Å². The molecule has 1 aliphatic carbocycles. The fourth-order valence-corrected chi connectivity index (χ4v) is 2.09. The van der Waals surface area contributed by atoms with Crippen molar-refractivity contribution in [1.82, 2.24) is 4.90 Å². The fourth-order valence-electron chi connectivity index (χ4n) is 2.09. The van der Waals surface area contributed by atoms with Crippen LogP contribution in [0.15, 0.2) is 61.3 Å². The molecule has 1 aromatic rings. The third kappa shape index (κ3) is 3.45.